The van der Waals surface area contributed by atoms with Crippen molar-refractivity contribution < 1.29 is 9.53 Å². The second-order valence-electron chi connectivity index (χ2n) is 4.45. The van der Waals surface area contributed by atoms with Crippen molar-refractivity contribution in [1.82, 2.24) is 0 Å². The Balaban J connectivity index is 2.51. The van der Waals surface area contributed by atoms with Crippen LogP contribution >= 0.6 is 11.6 Å². The van der Waals surface area contributed by atoms with Crippen molar-refractivity contribution in [3.05, 3.63) is 63.7 Å². The van der Waals surface area contributed by atoms with E-state index in [2.05, 4.69) is 0 Å². The minimum Gasteiger partial charge on any atom is -0.496 e. The zero-order valence-corrected chi connectivity index (χ0v) is 11.9. The van der Waals surface area contributed by atoms with Crippen molar-refractivity contribution in [1.29, 1.82) is 0 Å². The lowest BCUT2D eigenvalue weighted by atomic mass is 9.97. The van der Waals surface area contributed by atoms with Gasteiger partial charge in [0.25, 0.3) is 0 Å². The summed E-state index contributed by atoms with van der Waals surface area (Å²) in [5.74, 6) is 0.724. The average Bonchev–Trinajstić information content (AvgIpc) is 2.40. The summed E-state index contributed by atoms with van der Waals surface area (Å²) in [7, 11) is 1.62. The SMILES string of the molecule is COc1cc(C)c(C(=O)c2ccccc2Cl)cc1C. The Morgan fingerprint density at radius 3 is 2.37 bits per heavy atom. The van der Waals surface area contributed by atoms with Crippen LogP contribution < -0.4 is 4.74 Å². The standard InChI is InChI=1S/C16H15ClO2/c1-10-9-15(19-3)11(2)8-13(10)16(18)12-6-4-5-7-14(12)17/h4-9H,1-3H3. The fourth-order valence-electron chi connectivity index (χ4n) is 2.04. The van der Waals surface area contributed by atoms with Crippen molar-refractivity contribution in [2.75, 3.05) is 7.11 Å². The number of ether oxygens (including phenoxy) is 1. The van der Waals surface area contributed by atoms with Gasteiger partial charge in [0.1, 0.15) is 5.75 Å². The summed E-state index contributed by atoms with van der Waals surface area (Å²) in [6.07, 6.45) is 0. The van der Waals surface area contributed by atoms with E-state index in [0.29, 0.717) is 16.1 Å². The number of methoxy groups -OCH3 is 1. The Kier molecular flexibility index (Phi) is 3.91. The van der Waals surface area contributed by atoms with Crippen LogP contribution in [0.15, 0.2) is 36.4 Å². The van der Waals surface area contributed by atoms with E-state index >= 15 is 0 Å². The van der Waals surface area contributed by atoms with Gasteiger partial charge in [-0.05, 0) is 49.2 Å². The first-order valence-corrected chi connectivity index (χ1v) is 6.37. The molecule has 2 aromatic rings. The second kappa shape index (κ2) is 5.45. The normalized spacial score (nSPS) is 10.3. The minimum atomic E-state index is -0.0612. The molecular formula is C16H15ClO2. The van der Waals surface area contributed by atoms with Gasteiger partial charge in [-0.3, -0.25) is 4.79 Å². The third kappa shape index (κ3) is 2.64. The Morgan fingerprint density at radius 1 is 1.05 bits per heavy atom. The van der Waals surface area contributed by atoms with Crippen LogP contribution in [0.25, 0.3) is 0 Å². The van der Waals surface area contributed by atoms with Crippen LogP contribution in [0.3, 0.4) is 0 Å². The molecule has 2 rings (SSSR count). The van der Waals surface area contributed by atoms with Gasteiger partial charge in [-0.15, -0.1) is 0 Å². The van der Waals surface area contributed by atoms with E-state index in [4.69, 9.17) is 16.3 Å². The third-order valence-electron chi connectivity index (χ3n) is 3.10. The molecule has 0 aliphatic carbocycles. The molecule has 0 N–H and O–H groups in total. The molecule has 19 heavy (non-hydrogen) atoms. The molecular weight excluding hydrogens is 260 g/mol. The van der Waals surface area contributed by atoms with E-state index in [9.17, 15) is 4.79 Å². The van der Waals surface area contributed by atoms with Gasteiger partial charge >= 0.3 is 0 Å². The summed E-state index contributed by atoms with van der Waals surface area (Å²) >= 11 is 6.07. The molecule has 0 aliphatic rings. The number of carbonyl (C=O) groups excluding carboxylic acids is 1. The fraction of sp³-hybridized carbons (Fsp3) is 0.188. The van der Waals surface area contributed by atoms with Crippen LogP contribution in [-0.4, -0.2) is 12.9 Å². The quantitative estimate of drug-likeness (QED) is 0.784. The molecule has 0 spiro atoms. The highest BCUT2D eigenvalue weighted by Gasteiger charge is 2.16. The zero-order valence-electron chi connectivity index (χ0n) is 11.2. The maximum atomic E-state index is 12.5. The molecule has 0 fully saturated rings. The van der Waals surface area contributed by atoms with Gasteiger partial charge in [0.15, 0.2) is 5.78 Å². The second-order valence-corrected chi connectivity index (χ2v) is 4.85. The summed E-state index contributed by atoms with van der Waals surface area (Å²) in [4.78, 5) is 12.5. The van der Waals surface area contributed by atoms with Crippen molar-refractivity contribution in [3.63, 3.8) is 0 Å². The fourth-order valence-corrected chi connectivity index (χ4v) is 2.27. The first-order valence-electron chi connectivity index (χ1n) is 5.99. The van der Waals surface area contributed by atoms with Crippen LogP contribution in [0.2, 0.25) is 5.02 Å². The molecule has 98 valence electrons. The predicted octanol–water partition coefficient (Wildman–Crippen LogP) is 4.20. The molecule has 0 heterocycles. The smallest absolute Gasteiger partial charge is 0.194 e. The Labute approximate surface area is 118 Å². The average molecular weight is 275 g/mol. The number of aryl methyl sites for hydroxylation is 2. The van der Waals surface area contributed by atoms with Crippen molar-refractivity contribution in [2.24, 2.45) is 0 Å². The Morgan fingerprint density at radius 2 is 1.74 bits per heavy atom. The van der Waals surface area contributed by atoms with Crippen LogP contribution in [0.1, 0.15) is 27.0 Å². The van der Waals surface area contributed by atoms with E-state index in [1.807, 2.05) is 38.1 Å². The van der Waals surface area contributed by atoms with Gasteiger partial charge in [0.2, 0.25) is 0 Å². The molecule has 2 nitrogen and oxygen atoms in total. The summed E-state index contributed by atoms with van der Waals surface area (Å²) in [5.41, 5.74) is 3.00. The van der Waals surface area contributed by atoms with E-state index < -0.39 is 0 Å². The maximum Gasteiger partial charge on any atom is 0.194 e. The molecule has 0 bridgehead atoms. The molecule has 0 aromatic heterocycles. The van der Waals surface area contributed by atoms with Gasteiger partial charge in [-0.25, -0.2) is 0 Å². The number of ketones is 1. The summed E-state index contributed by atoms with van der Waals surface area (Å²) in [5, 5.41) is 0.473. The monoisotopic (exact) mass is 274 g/mol. The van der Waals surface area contributed by atoms with E-state index in [-0.39, 0.29) is 5.78 Å². The molecule has 3 heteroatoms. The first kappa shape index (κ1) is 13.6. The van der Waals surface area contributed by atoms with E-state index in [0.717, 1.165) is 16.9 Å². The van der Waals surface area contributed by atoms with Gasteiger partial charge in [0, 0.05) is 11.1 Å². The molecule has 2 aromatic carbocycles. The first-order chi connectivity index (χ1) is 9.04. The van der Waals surface area contributed by atoms with Crippen LogP contribution in [-0.2, 0) is 0 Å². The number of halogens is 1. The van der Waals surface area contributed by atoms with E-state index in [1.54, 1.807) is 19.2 Å². The topological polar surface area (TPSA) is 26.3 Å². The van der Waals surface area contributed by atoms with Gasteiger partial charge in [-0.2, -0.15) is 0 Å². The molecule has 0 atom stereocenters. The molecule has 0 radical (unpaired) electrons. The zero-order chi connectivity index (χ0) is 14.0. The van der Waals surface area contributed by atoms with Crippen molar-refractivity contribution in [2.45, 2.75) is 13.8 Å². The molecule has 0 unspecified atom stereocenters. The lowest BCUT2D eigenvalue weighted by Crippen LogP contribution is -2.05. The number of hydrogen-bond acceptors (Lipinski definition) is 2. The van der Waals surface area contributed by atoms with Gasteiger partial charge in [0.05, 0.1) is 12.1 Å². The number of hydrogen-bond donors (Lipinski definition) is 0. The Bertz CT molecular complexity index is 633. The third-order valence-corrected chi connectivity index (χ3v) is 3.43. The summed E-state index contributed by atoms with van der Waals surface area (Å²) < 4.78 is 5.25. The largest absolute Gasteiger partial charge is 0.496 e. The highest BCUT2D eigenvalue weighted by atomic mass is 35.5. The van der Waals surface area contributed by atoms with E-state index in [1.165, 1.54) is 0 Å². The van der Waals surface area contributed by atoms with Crippen molar-refractivity contribution >= 4 is 17.4 Å². The predicted molar refractivity (Wildman–Crippen MR) is 77.4 cm³/mol. The summed E-state index contributed by atoms with van der Waals surface area (Å²) in [6.45, 7) is 3.81. The summed E-state index contributed by atoms with van der Waals surface area (Å²) in [6, 6.07) is 10.8. The van der Waals surface area contributed by atoms with Crippen LogP contribution in [0, 0.1) is 13.8 Å². The number of benzene rings is 2. The molecule has 0 amide bonds. The lowest BCUT2D eigenvalue weighted by molar-refractivity contribution is 0.103. The number of rotatable bonds is 3. The van der Waals surface area contributed by atoms with Crippen LogP contribution in [0.4, 0.5) is 0 Å². The Hall–Kier alpha value is -1.80. The molecule has 0 saturated carbocycles. The highest BCUT2D eigenvalue weighted by molar-refractivity contribution is 6.35. The maximum absolute atomic E-state index is 12.5. The minimum absolute atomic E-state index is 0.0612. The van der Waals surface area contributed by atoms with Crippen molar-refractivity contribution in [3.8, 4) is 5.75 Å². The van der Waals surface area contributed by atoms with Gasteiger partial charge in [-0.1, -0.05) is 23.7 Å². The highest BCUT2D eigenvalue weighted by Crippen LogP contribution is 2.26. The molecule has 0 aliphatic heterocycles. The molecule has 0 saturated heterocycles. The van der Waals surface area contributed by atoms with Gasteiger partial charge < -0.3 is 4.74 Å². The number of carbonyl (C=O) groups is 1. The lowest BCUT2D eigenvalue weighted by Gasteiger charge is -2.11. The van der Waals surface area contributed by atoms with Crippen LogP contribution in [0.5, 0.6) is 5.75 Å².